The smallest absolute Gasteiger partial charge is 0.183 e. The van der Waals surface area contributed by atoms with E-state index in [1.165, 1.54) is 0 Å². The van der Waals surface area contributed by atoms with Crippen molar-refractivity contribution in [2.24, 2.45) is 5.41 Å². The van der Waals surface area contributed by atoms with Crippen LogP contribution in [0.4, 0.5) is 0 Å². The largest absolute Gasteiger partial charge is 0.377 e. The van der Waals surface area contributed by atoms with Crippen LogP contribution in [-0.4, -0.2) is 39.6 Å². The van der Waals surface area contributed by atoms with Gasteiger partial charge in [0.1, 0.15) is 6.61 Å². The van der Waals surface area contributed by atoms with Crippen molar-refractivity contribution in [2.45, 2.75) is 6.29 Å². The van der Waals surface area contributed by atoms with Gasteiger partial charge in [-0.25, -0.2) is 0 Å². The van der Waals surface area contributed by atoms with Gasteiger partial charge in [-0.05, 0) is 0 Å². The van der Waals surface area contributed by atoms with Crippen molar-refractivity contribution in [3.05, 3.63) is 48.6 Å². The summed E-state index contributed by atoms with van der Waals surface area (Å²) in [7, 11) is 0. The molecule has 1 fully saturated rings. The summed E-state index contributed by atoms with van der Waals surface area (Å²) in [4.78, 5) is 0. The molecule has 1 aliphatic rings. The minimum Gasteiger partial charge on any atom is -0.377 e. The monoisotopic (exact) mass is 302 g/mol. The van der Waals surface area contributed by atoms with Crippen molar-refractivity contribution in [1.82, 2.24) is 0 Å². The third kappa shape index (κ3) is 4.69. The molecule has 0 bridgehead atoms. The van der Waals surface area contributed by atoms with Crippen LogP contribution in [-0.2, 0) is 18.9 Å². The summed E-state index contributed by atoms with van der Waals surface area (Å²) in [5, 5.41) is 0. The lowest BCUT2D eigenvalue weighted by Gasteiger charge is -2.39. The Morgan fingerprint density at radius 2 is 1.91 bits per heavy atom. The van der Waals surface area contributed by atoms with Gasteiger partial charge in [-0.2, -0.15) is 0 Å². The van der Waals surface area contributed by atoms with Gasteiger partial charge < -0.3 is 18.9 Å². The summed E-state index contributed by atoms with van der Waals surface area (Å²) in [5.74, 6) is 2.47. The maximum absolute atomic E-state index is 5.88. The Morgan fingerprint density at radius 1 is 1.23 bits per heavy atom. The van der Waals surface area contributed by atoms with Crippen LogP contribution in [0.5, 0.6) is 0 Å². The highest BCUT2D eigenvalue weighted by Gasteiger charge is 2.38. The Morgan fingerprint density at radius 3 is 2.55 bits per heavy atom. The molecule has 1 aromatic rings. The summed E-state index contributed by atoms with van der Waals surface area (Å²) in [6, 6.07) is 9.87. The zero-order valence-electron chi connectivity index (χ0n) is 12.7. The lowest BCUT2D eigenvalue weighted by atomic mass is 9.91. The Labute approximate surface area is 132 Å². The van der Waals surface area contributed by atoms with Crippen molar-refractivity contribution in [3.8, 4) is 12.3 Å². The van der Waals surface area contributed by atoms with Gasteiger partial charge in [-0.3, -0.25) is 0 Å². The molecule has 0 spiro atoms. The Bertz CT molecular complexity index is 484. The zero-order valence-corrected chi connectivity index (χ0v) is 12.7. The number of hydrogen-bond donors (Lipinski definition) is 0. The molecule has 0 aromatic heterocycles. The number of rotatable bonds is 8. The van der Waals surface area contributed by atoms with E-state index in [1.54, 1.807) is 6.08 Å². The fourth-order valence-corrected chi connectivity index (χ4v) is 2.29. The van der Waals surface area contributed by atoms with Crippen LogP contribution in [0.3, 0.4) is 0 Å². The fraction of sp³-hybridized carbons (Fsp3) is 0.444. The lowest BCUT2D eigenvalue weighted by Crippen LogP contribution is -2.46. The first-order chi connectivity index (χ1) is 10.8. The van der Waals surface area contributed by atoms with Crippen LogP contribution in [0, 0.1) is 17.8 Å². The third-order valence-electron chi connectivity index (χ3n) is 3.39. The van der Waals surface area contributed by atoms with Gasteiger partial charge in [-0.1, -0.05) is 42.3 Å². The topological polar surface area (TPSA) is 36.9 Å². The summed E-state index contributed by atoms with van der Waals surface area (Å²) < 4.78 is 22.8. The van der Waals surface area contributed by atoms with Gasteiger partial charge in [0.2, 0.25) is 0 Å². The van der Waals surface area contributed by atoms with Gasteiger partial charge in [0.15, 0.2) is 6.29 Å². The van der Waals surface area contributed by atoms with Gasteiger partial charge in [0.05, 0.1) is 38.4 Å². The van der Waals surface area contributed by atoms with Crippen LogP contribution in [0.1, 0.15) is 11.9 Å². The minimum atomic E-state index is -0.346. The zero-order chi connectivity index (χ0) is 15.7. The van der Waals surface area contributed by atoms with Gasteiger partial charge >= 0.3 is 0 Å². The molecule has 2 rings (SSSR count). The van der Waals surface area contributed by atoms with Crippen molar-refractivity contribution in [2.75, 3.05) is 39.6 Å². The standard InChI is InChI=1S/C18H22O4/c1-3-10-19-12-18(13-20-11-4-2)14-21-17(22-15-18)16-8-6-5-7-9-16/h1,4-9,17H,2,10-15H2. The van der Waals surface area contributed by atoms with E-state index in [2.05, 4.69) is 12.5 Å². The van der Waals surface area contributed by atoms with Crippen molar-refractivity contribution < 1.29 is 18.9 Å². The maximum atomic E-state index is 5.88. The molecule has 0 N–H and O–H groups in total. The third-order valence-corrected chi connectivity index (χ3v) is 3.39. The second-order valence-electron chi connectivity index (χ2n) is 5.37. The number of ether oxygens (including phenoxy) is 4. The van der Waals surface area contributed by atoms with E-state index in [1.807, 2.05) is 30.3 Å². The first-order valence-corrected chi connectivity index (χ1v) is 7.28. The van der Waals surface area contributed by atoms with Gasteiger partial charge in [-0.15, -0.1) is 13.0 Å². The molecule has 1 saturated heterocycles. The van der Waals surface area contributed by atoms with Crippen molar-refractivity contribution >= 4 is 0 Å². The molecule has 22 heavy (non-hydrogen) atoms. The second-order valence-corrected chi connectivity index (χ2v) is 5.37. The van der Waals surface area contributed by atoms with E-state index in [4.69, 9.17) is 25.4 Å². The van der Waals surface area contributed by atoms with E-state index in [9.17, 15) is 0 Å². The van der Waals surface area contributed by atoms with Crippen LogP contribution < -0.4 is 0 Å². The molecule has 4 heteroatoms. The molecular formula is C18H22O4. The Balaban J connectivity index is 1.94. The number of terminal acetylenes is 1. The van der Waals surface area contributed by atoms with E-state index >= 15 is 0 Å². The highest BCUT2D eigenvalue weighted by Crippen LogP contribution is 2.32. The molecule has 1 aromatic carbocycles. The number of hydrogen-bond acceptors (Lipinski definition) is 4. The quantitative estimate of drug-likeness (QED) is 0.420. The van der Waals surface area contributed by atoms with E-state index < -0.39 is 0 Å². The molecule has 0 amide bonds. The molecule has 118 valence electrons. The Hall–Kier alpha value is -1.64. The average molecular weight is 302 g/mol. The van der Waals surface area contributed by atoms with Crippen LogP contribution in [0.25, 0.3) is 0 Å². The molecule has 0 aliphatic carbocycles. The molecule has 0 atom stereocenters. The predicted molar refractivity (Wildman–Crippen MR) is 84.2 cm³/mol. The van der Waals surface area contributed by atoms with Crippen molar-refractivity contribution in [1.29, 1.82) is 0 Å². The molecule has 0 unspecified atom stereocenters. The highest BCUT2D eigenvalue weighted by molar-refractivity contribution is 5.16. The first-order valence-electron chi connectivity index (χ1n) is 7.28. The average Bonchev–Trinajstić information content (AvgIpc) is 2.57. The predicted octanol–water partition coefficient (Wildman–Crippen LogP) is 2.57. The molecule has 4 nitrogen and oxygen atoms in total. The van der Waals surface area contributed by atoms with Gasteiger partial charge in [0.25, 0.3) is 0 Å². The van der Waals surface area contributed by atoms with E-state index in [0.29, 0.717) is 33.0 Å². The summed E-state index contributed by atoms with van der Waals surface area (Å²) in [5.41, 5.74) is 0.665. The van der Waals surface area contributed by atoms with E-state index in [-0.39, 0.29) is 18.3 Å². The summed E-state index contributed by atoms with van der Waals surface area (Å²) >= 11 is 0. The Kier molecular flexibility index (Phi) is 6.63. The molecule has 0 radical (unpaired) electrons. The maximum Gasteiger partial charge on any atom is 0.183 e. The number of benzene rings is 1. The first kappa shape index (κ1) is 16.7. The normalized spacial score (nSPS) is 24.6. The molecule has 0 saturated carbocycles. The highest BCUT2D eigenvalue weighted by atomic mass is 16.7. The summed E-state index contributed by atoms with van der Waals surface area (Å²) in [6.07, 6.45) is 6.59. The summed E-state index contributed by atoms with van der Waals surface area (Å²) in [6.45, 7) is 6.31. The van der Waals surface area contributed by atoms with E-state index in [0.717, 1.165) is 5.56 Å². The molecule has 1 aliphatic heterocycles. The minimum absolute atomic E-state index is 0.269. The second kappa shape index (κ2) is 8.72. The lowest BCUT2D eigenvalue weighted by molar-refractivity contribution is -0.253. The van der Waals surface area contributed by atoms with Gasteiger partial charge in [0, 0.05) is 5.56 Å². The van der Waals surface area contributed by atoms with Crippen LogP contribution in [0.15, 0.2) is 43.0 Å². The van der Waals surface area contributed by atoms with Crippen LogP contribution in [0.2, 0.25) is 0 Å². The van der Waals surface area contributed by atoms with Crippen LogP contribution >= 0.6 is 0 Å². The molecule has 1 heterocycles. The fourth-order valence-electron chi connectivity index (χ4n) is 2.29. The van der Waals surface area contributed by atoms with Crippen molar-refractivity contribution in [3.63, 3.8) is 0 Å². The SMILES string of the molecule is C#CCOCC1(COCC=C)COC(c2ccccc2)OC1. The molecular weight excluding hydrogens is 280 g/mol.